The number of hydrogen-bond acceptors (Lipinski definition) is 5. The van der Waals surface area contributed by atoms with Gasteiger partial charge in [-0.05, 0) is 36.9 Å². The molecular formula is C10H16N2O2S. The van der Waals surface area contributed by atoms with Gasteiger partial charge in [0, 0.05) is 0 Å². The van der Waals surface area contributed by atoms with Crippen LogP contribution in [0.5, 0.6) is 5.06 Å². The van der Waals surface area contributed by atoms with Gasteiger partial charge in [0.1, 0.15) is 6.04 Å². The van der Waals surface area contributed by atoms with Crippen LogP contribution in [0.2, 0.25) is 0 Å². The Morgan fingerprint density at radius 2 is 2.33 bits per heavy atom. The number of thiophene rings is 1. The summed E-state index contributed by atoms with van der Waals surface area (Å²) in [6.07, 6.45) is 2.37. The van der Waals surface area contributed by atoms with Crippen molar-refractivity contribution in [1.29, 1.82) is 0 Å². The average Bonchev–Trinajstić information content (AvgIpc) is 2.70. The Kier molecular flexibility index (Phi) is 5.31. The van der Waals surface area contributed by atoms with Crippen LogP contribution in [0.1, 0.15) is 19.3 Å². The van der Waals surface area contributed by atoms with Gasteiger partial charge in [0.15, 0.2) is 5.06 Å². The number of unbranched alkanes of at least 4 members (excludes halogenated alkanes) is 1. The van der Waals surface area contributed by atoms with Gasteiger partial charge in [-0.1, -0.05) is 6.42 Å². The van der Waals surface area contributed by atoms with Gasteiger partial charge in [-0.25, -0.2) is 4.79 Å². The smallest absolute Gasteiger partial charge is 0.329 e. The number of ether oxygens (including phenoxy) is 1. The Labute approximate surface area is 93.2 Å². The number of carbonyl (C=O) groups is 1. The van der Waals surface area contributed by atoms with E-state index < -0.39 is 6.04 Å². The molecule has 0 amide bonds. The molecule has 0 aliphatic heterocycles. The zero-order chi connectivity index (χ0) is 11.1. The second-order valence-electron chi connectivity index (χ2n) is 3.24. The zero-order valence-electron chi connectivity index (χ0n) is 8.52. The molecule has 0 aromatic carbocycles. The minimum Gasteiger partial charge on any atom is -0.414 e. The quantitative estimate of drug-likeness (QED) is 0.564. The average molecular weight is 228 g/mol. The van der Waals surface area contributed by atoms with E-state index in [0.29, 0.717) is 18.0 Å². The number of nitrogens with two attached hydrogens (primary N) is 2. The molecule has 5 heteroatoms. The van der Waals surface area contributed by atoms with Crippen molar-refractivity contribution in [2.75, 3.05) is 6.54 Å². The first-order valence-corrected chi connectivity index (χ1v) is 5.83. The van der Waals surface area contributed by atoms with Gasteiger partial charge in [-0.15, -0.1) is 11.3 Å². The second kappa shape index (κ2) is 6.55. The fourth-order valence-corrected chi connectivity index (χ4v) is 1.70. The third kappa shape index (κ3) is 4.42. The highest BCUT2D eigenvalue weighted by Crippen LogP contribution is 2.18. The predicted molar refractivity (Wildman–Crippen MR) is 60.8 cm³/mol. The molecule has 4 nitrogen and oxygen atoms in total. The van der Waals surface area contributed by atoms with Crippen molar-refractivity contribution in [3.05, 3.63) is 17.5 Å². The molecule has 1 atom stereocenters. The molecule has 15 heavy (non-hydrogen) atoms. The molecule has 0 aliphatic carbocycles. The highest BCUT2D eigenvalue weighted by molar-refractivity contribution is 7.11. The molecule has 0 saturated carbocycles. The van der Waals surface area contributed by atoms with Crippen molar-refractivity contribution >= 4 is 17.3 Å². The van der Waals surface area contributed by atoms with E-state index >= 15 is 0 Å². The van der Waals surface area contributed by atoms with Crippen molar-refractivity contribution in [3.63, 3.8) is 0 Å². The maximum atomic E-state index is 11.4. The third-order valence-electron chi connectivity index (χ3n) is 1.97. The van der Waals surface area contributed by atoms with Crippen LogP contribution in [-0.4, -0.2) is 18.6 Å². The molecular weight excluding hydrogens is 212 g/mol. The highest BCUT2D eigenvalue weighted by Gasteiger charge is 2.15. The molecule has 0 saturated heterocycles. The monoisotopic (exact) mass is 228 g/mol. The van der Waals surface area contributed by atoms with Crippen molar-refractivity contribution in [1.82, 2.24) is 0 Å². The number of rotatable bonds is 6. The molecule has 84 valence electrons. The van der Waals surface area contributed by atoms with Crippen LogP contribution in [0.25, 0.3) is 0 Å². The van der Waals surface area contributed by atoms with E-state index in [1.54, 1.807) is 6.07 Å². The fraction of sp³-hybridized carbons (Fsp3) is 0.500. The van der Waals surface area contributed by atoms with E-state index in [4.69, 9.17) is 16.2 Å². The summed E-state index contributed by atoms with van der Waals surface area (Å²) in [6.45, 7) is 0.632. The predicted octanol–water partition coefficient (Wildman–Crippen LogP) is 1.11. The molecule has 0 radical (unpaired) electrons. The molecule has 0 spiro atoms. The van der Waals surface area contributed by atoms with Gasteiger partial charge < -0.3 is 16.2 Å². The summed E-state index contributed by atoms with van der Waals surface area (Å²) in [6, 6.07) is 3.03. The van der Waals surface area contributed by atoms with E-state index in [2.05, 4.69) is 0 Å². The maximum Gasteiger partial charge on any atom is 0.329 e. The Morgan fingerprint density at radius 1 is 1.53 bits per heavy atom. The topological polar surface area (TPSA) is 78.3 Å². The van der Waals surface area contributed by atoms with Gasteiger partial charge >= 0.3 is 5.97 Å². The molecule has 1 heterocycles. The van der Waals surface area contributed by atoms with E-state index in [1.807, 2.05) is 11.4 Å². The molecule has 4 N–H and O–H groups in total. The molecule has 1 rings (SSSR count). The molecule has 1 aromatic heterocycles. The van der Waals surface area contributed by atoms with Gasteiger partial charge in [-0.2, -0.15) is 0 Å². The first kappa shape index (κ1) is 12.2. The fourth-order valence-electron chi connectivity index (χ4n) is 1.12. The summed E-state index contributed by atoms with van der Waals surface area (Å²) in [5.41, 5.74) is 11.0. The van der Waals surface area contributed by atoms with Crippen LogP contribution in [0.4, 0.5) is 0 Å². The van der Waals surface area contributed by atoms with Crippen LogP contribution in [0, 0.1) is 0 Å². The van der Waals surface area contributed by atoms with Crippen LogP contribution in [0.15, 0.2) is 17.5 Å². The van der Waals surface area contributed by atoms with Crippen molar-refractivity contribution in [2.45, 2.75) is 25.3 Å². The van der Waals surface area contributed by atoms with Crippen LogP contribution in [-0.2, 0) is 4.79 Å². The first-order valence-electron chi connectivity index (χ1n) is 4.95. The minimum atomic E-state index is -0.543. The van der Waals surface area contributed by atoms with Crippen LogP contribution < -0.4 is 16.2 Å². The SMILES string of the molecule is NCCCC[C@H](N)C(=O)Oc1cccs1. The largest absolute Gasteiger partial charge is 0.414 e. The molecule has 1 aromatic rings. The highest BCUT2D eigenvalue weighted by atomic mass is 32.1. The third-order valence-corrected chi connectivity index (χ3v) is 2.71. The zero-order valence-corrected chi connectivity index (χ0v) is 9.33. The summed E-state index contributed by atoms with van der Waals surface area (Å²) < 4.78 is 5.07. The number of esters is 1. The summed E-state index contributed by atoms with van der Waals surface area (Å²) in [5.74, 6) is -0.366. The number of carbonyl (C=O) groups excluding carboxylic acids is 1. The molecule has 0 aliphatic rings. The normalized spacial score (nSPS) is 12.4. The minimum absolute atomic E-state index is 0.366. The second-order valence-corrected chi connectivity index (χ2v) is 4.15. The first-order chi connectivity index (χ1) is 7.24. The lowest BCUT2D eigenvalue weighted by Gasteiger charge is -2.09. The lowest BCUT2D eigenvalue weighted by Crippen LogP contribution is -2.34. The van der Waals surface area contributed by atoms with Crippen molar-refractivity contribution in [2.24, 2.45) is 11.5 Å². The van der Waals surface area contributed by atoms with Crippen LogP contribution in [0.3, 0.4) is 0 Å². The summed E-state index contributed by atoms with van der Waals surface area (Å²) >= 11 is 1.38. The summed E-state index contributed by atoms with van der Waals surface area (Å²) in [4.78, 5) is 11.4. The Bertz CT molecular complexity index is 288. The standard InChI is InChI=1S/C10H16N2O2S/c11-6-2-1-4-8(12)10(13)14-9-5-3-7-15-9/h3,5,7-8H,1-2,4,6,11-12H2/t8-/m0/s1. The van der Waals surface area contributed by atoms with E-state index in [-0.39, 0.29) is 5.97 Å². The summed E-state index contributed by atoms with van der Waals surface area (Å²) in [5, 5.41) is 2.44. The van der Waals surface area contributed by atoms with Gasteiger partial charge in [0.05, 0.1) is 0 Å². The lowest BCUT2D eigenvalue weighted by molar-refractivity contribution is -0.135. The van der Waals surface area contributed by atoms with Crippen LogP contribution >= 0.6 is 11.3 Å². The van der Waals surface area contributed by atoms with Gasteiger partial charge in [-0.3, -0.25) is 0 Å². The van der Waals surface area contributed by atoms with Crippen molar-refractivity contribution in [3.8, 4) is 5.06 Å². The van der Waals surface area contributed by atoms with E-state index in [1.165, 1.54) is 11.3 Å². The Morgan fingerprint density at radius 3 is 2.93 bits per heavy atom. The van der Waals surface area contributed by atoms with Gasteiger partial charge in [0.25, 0.3) is 0 Å². The Balaban J connectivity index is 2.27. The molecule has 0 unspecified atom stereocenters. The molecule has 0 bridgehead atoms. The maximum absolute atomic E-state index is 11.4. The number of hydrogen-bond donors (Lipinski definition) is 2. The lowest BCUT2D eigenvalue weighted by atomic mass is 10.1. The van der Waals surface area contributed by atoms with E-state index in [9.17, 15) is 4.79 Å². The van der Waals surface area contributed by atoms with Gasteiger partial charge in [0.2, 0.25) is 0 Å². The van der Waals surface area contributed by atoms with E-state index in [0.717, 1.165) is 12.8 Å². The summed E-state index contributed by atoms with van der Waals surface area (Å²) in [7, 11) is 0. The molecule has 0 fully saturated rings. The van der Waals surface area contributed by atoms with Crippen molar-refractivity contribution < 1.29 is 9.53 Å². The Hall–Kier alpha value is -0.910.